The van der Waals surface area contributed by atoms with Gasteiger partial charge in [0.15, 0.2) is 0 Å². The second-order valence-corrected chi connectivity index (χ2v) is 0. The van der Waals surface area contributed by atoms with Gasteiger partial charge in [-0.2, -0.15) is 0 Å². The fourth-order valence-electron chi connectivity index (χ4n) is 0. The van der Waals surface area contributed by atoms with Crippen molar-refractivity contribution in [3.8, 4) is 0 Å². The average Bonchev–Trinajstić information content (AvgIpc) is 2.45. The molecule has 15 heavy (non-hydrogen) atoms. The van der Waals surface area contributed by atoms with E-state index in [1.54, 1.807) is 0 Å². The van der Waals surface area contributed by atoms with Gasteiger partial charge in [-0.1, -0.05) is 0 Å². The molecule has 0 aromatic heterocycles. The molecule has 0 N–H and O–H groups in total. The second-order valence-electron chi connectivity index (χ2n) is 0. The summed E-state index contributed by atoms with van der Waals surface area (Å²) in [6.07, 6.45) is 0. The van der Waals surface area contributed by atoms with Crippen molar-refractivity contribution in [2.24, 2.45) is 0 Å². The molecular weight excluding hydrogens is 316 g/mol. The summed E-state index contributed by atoms with van der Waals surface area (Å²) in [6.45, 7) is 28.5. The molecule has 0 unspecified atom stereocenters. The Hall–Kier alpha value is -1.48. The maximum absolute atomic E-state index is 6.25. The topological polar surface area (TPSA) is 143 Å². The van der Waals surface area contributed by atoms with Gasteiger partial charge in [0.1, 0.15) is 0 Å². The minimum atomic E-state index is 0. The molecule has 0 spiro atoms. The molecule has 0 aromatic carbocycles. The zero-order valence-electron chi connectivity index (χ0n) is 6.85. The summed E-state index contributed by atoms with van der Waals surface area (Å²) < 4.78 is 0. The van der Waals surface area contributed by atoms with E-state index < -0.39 is 0 Å². The standard InChI is InChI=1S/6CN.2Cr.Fe/c6*1-2;;;/q6*-1;;+2;. The van der Waals surface area contributed by atoms with E-state index in [2.05, 4.69) is 27.5 Å². The first-order valence-corrected chi connectivity index (χ1v) is 3.80. The van der Waals surface area contributed by atoms with Gasteiger partial charge in [0, 0.05) is 0 Å². The number of hydrogen-bond donors (Lipinski definition) is 0. The molecule has 0 heterocycles. The molecule has 0 aromatic rings. The SMILES string of the molecule is [C-]#N.[C-]#N.[C-]#N.[C-]#N.[C-]#N.[C-]#N.[Cr+2].[Cr]=[Fe]. The van der Waals surface area contributed by atoms with Crippen LogP contribution in [0.1, 0.15) is 0 Å². The zero-order valence-corrected chi connectivity index (χ0v) is 10.5. The predicted molar refractivity (Wildman–Crippen MR) is 29.8 cm³/mol. The third-order valence-electron chi connectivity index (χ3n) is 0. The third-order valence-corrected chi connectivity index (χ3v) is 0. The Morgan fingerprint density at radius 3 is 0.467 bits per heavy atom. The van der Waals surface area contributed by atoms with E-state index >= 15 is 0 Å². The Kier molecular flexibility index (Phi) is 3540. The van der Waals surface area contributed by atoms with Crippen LogP contribution in [0.3, 0.4) is 0 Å². The molecule has 6 nitrogen and oxygen atoms in total. The summed E-state index contributed by atoms with van der Waals surface area (Å²) in [5.41, 5.74) is 0. The van der Waals surface area contributed by atoms with E-state index in [0.29, 0.717) is 0 Å². The number of nitrogens with zero attached hydrogens (tertiary/aromatic N) is 6. The molecule has 0 radical (unpaired) electrons. The van der Waals surface area contributed by atoms with E-state index in [-0.39, 0.29) is 17.4 Å². The summed E-state index contributed by atoms with van der Waals surface area (Å²) >= 11 is 5.50. The molecule has 0 atom stereocenters. The molecule has 0 saturated carbocycles. The van der Waals surface area contributed by atoms with Crippen LogP contribution in [0.4, 0.5) is 0 Å². The van der Waals surface area contributed by atoms with Gasteiger partial charge in [-0.3, -0.25) is 0 Å². The Balaban J connectivity index is -0.00000000628. The van der Waals surface area contributed by atoms with Crippen molar-refractivity contribution >= 4 is 0 Å². The van der Waals surface area contributed by atoms with Crippen LogP contribution in [0.5, 0.6) is 0 Å². The normalized spacial score (nSPS) is 1.13. The van der Waals surface area contributed by atoms with Crippen LogP contribution in [0.2, 0.25) is 0 Å². The molecule has 78 valence electrons. The van der Waals surface area contributed by atoms with Crippen LogP contribution in [0, 0.1) is 71.0 Å². The zero-order chi connectivity index (χ0) is 14.0. The second kappa shape index (κ2) is 764. The Morgan fingerprint density at radius 2 is 0.467 bits per heavy atom. The van der Waals surface area contributed by atoms with Gasteiger partial charge in [0.2, 0.25) is 0 Å². The molecule has 0 bridgehead atoms. The molecule has 0 fully saturated rings. The molecule has 0 aliphatic carbocycles. The van der Waals surface area contributed by atoms with Crippen LogP contribution >= 0.6 is 0 Å². The van der Waals surface area contributed by atoms with Crippen molar-refractivity contribution in [1.29, 1.82) is 31.6 Å². The van der Waals surface area contributed by atoms with Gasteiger partial charge < -0.3 is 71.0 Å². The van der Waals surface area contributed by atoms with E-state index in [4.69, 9.17) is 71.0 Å². The average molecular weight is 316 g/mol. The predicted octanol–water partition coefficient (Wildman–Crippen LogP) is 0.571. The van der Waals surface area contributed by atoms with Crippen LogP contribution in [0.15, 0.2) is 0 Å². The summed E-state index contributed by atoms with van der Waals surface area (Å²) in [5, 5.41) is 37.5. The molecule has 0 aliphatic rings. The van der Waals surface area contributed by atoms with Crippen LogP contribution in [-0.2, 0) is 44.9 Å². The fourth-order valence-corrected chi connectivity index (χ4v) is 0. The van der Waals surface area contributed by atoms with E-state index in [1.165, 1.54) is 0 Å². The van der Waals surface area contributed by atoms with Crippen molar-refractivity contribution in [3.05, 3.63) is 39.4 Å². The van der Waals surface area contributed by atoms with Gasteiger partial charge in [0.25, 0.3) is 0 Å². The van der Waals surface area contributed by atoms with Crippen molar-refractivity contribution in [2.45, 2.75) is 0 Å². The molecular formula is C6Cr2FeN6-4. The van der Waals surface area contributed by atoms with Gasteiger partial charge in [-0.25, -0.2) is 0 Å². The van der Waals surface area contributed by atoms with Gasteiger partial charge in [-0.05, 0) is 0 Å². The van der Waals surface area contributed by atoms with Crippen LogP contribution in [0.25, 0.3) is 0 Å². The third kappa shape index (κ3) is 637. The Morgan fingerprint density at radius 1 is 0.467 bits per heavy atom. The molecule has 0 rings (SSSR count). The summed E-state index contributed by atoms with van der Waals surface area (Å²) in [5.74, 6) is 0. The molecule has 0 amide bonds. The van der Waals surface area contributed by atoms with Gasteiger partial charge in [0.05, 0.1) is 0 Å². The quantitative estimate of drug-likeness (QED) is 0.472. The van der Waals surface area contributed by atoms with Crippen LogP contribution < -0.4 is 0 Å². The summed E-state index contributed by atoms with van der Waals surface area (Å²) in [6, 6.07) is 0. The summed E-state index contributed by atoms with van der Waals surface area (Å²) in [4.78, 5) is 0. The van der Waals surface area contributed by atoms with E-state index in [1.807, 2.05) is 0 Å². The van der Waals surface area contributed by atoms with Crippen molar-refractivity contribution in [2.75, 3.05) is 0 Å². The fraction of sp³-hybridized carbons (Fsp3) is 0. The van der Waals surface area contributed by atoms with Crippen LogP contribution in [-0.4, -0.2) is 0 Å². The van der Waals surface area contributed by atoms with Gasteiger partial charge in [-0.15, -0.1) is 0 Å². The number of hydrogen-bond acceptors (Lipinski definition) is 6. The van der Waals surface area contributed by atoms with E-state index in [9.17, 15) is 0 Å². The molecule has 9 heteroatoms. The first kappa shape index (κ1) is 69.5. The van der Waals surface area contributed by atoms with E-state index in [0.717, 1.165) is 0 Å². The Bertz CT molecular complexity index is 112. The Labute approximate surface area is 115 Å². The van der Waals surface area contributed by atoms with Crippen molar-refractivity contribution in [3.63, 3.8) is 0 Å². The molecule has 0 aliphatic heterocycles. The first-order valence-electron chi connectivity index (χ1n) is 1.49. The minimum absolute atomic E-state index is 0. The van der Waals surface area contributed by atoms with Crippen molar-refractivity contribution < 1.29 is 44.9 Å². The summed E-state index contributed by atoms with van der Waals surface area (Å²) in [7, 11) is 0. The first-order chi connectivity index (χ1) is 7.00. The molecule has 0 saturated heterocycles. The number of rotatable bonds is 0. The van der Waals surface area contributed by atoms with Crippen molar-refractivity contribution in [1.82, 2.24) is 0 Å². The monoisotopic (exact) mass is 316 g/mol. The van der Waals surface area contributed by atoms with Gasteiger partial charge >= 0.3 is 44.9 Å². The maximum atomic E-state index is 6.25.